The molecular formula is C17H19ClN2O2. The highest BCUT2D eigenvalue weighted by Gasteiger charge is 2.18. The summed E-state index contributed by atoms with van der Waals surface area (Å²) in [5, 5.41) is 3.35. The average molecular weight is 319 g/mol. The van der Waals surface area contributed by atoms with E-state index in [0.29, 0.717) is 5.02 Å². The van der Waals surface area contributed by atoms with Crippen molar-refractivity contribution in [2.24, 2.45) is 0 Å². The van der Waals surface area contributed by atoms with E-state index < -0.39 is 6.04 Å². The molecule has 0 saturated carbocycles. The number of benzene rings is 1. The smallest absolute Gasteiger partial charge is 0.251 e. The minimum atomic E-state index is -0.643. The fraction of sp³-hybridized carbons (Fsp3) is 0.294. The first-order valence-electron chi connectivity index (χ1n) is 7.21. The van der Waals surface area contributed by atoms with Gasteiger partial charge in [-0.25, -0.2) is 0 Å². The van der Waals surface area contributed by atoms with Crippen LogP contribution in [-0.2, 0) is 11.2 Å². The Labute approximate surface area is 134 Å². The molecule has 1 atom stereocenters. The molecule has 2 aromatic rings. The minimum Gasteiger partial charge on any atom is -0.324 e. The van der Waals surface area contributed by atoms with E-state index >= 15 is 0 Å². The van der Waals surface area contributed by atoms with E-state index in [-0.39, 0.29) is 11.5 Å². The summed E-state index contributed by atoms with van der Waals surface area (Å²) in [4.78, 5) is 24.4. The molecule has 0 bridgehead atoms. The van der Waals surface area contributed by atoms with E-state index in [0.717, 1.165) is 23.2 Å². The first-order valence-corrected chi connectivity index (χ1v) is 7.59. The van der Waals surface area contributed by atoms with E-state index in [1.165, 1.54) is 22.9 Å². The third kappa shape index (κ3) is 3.39. The van der Waals surface area contributed by atoms with Gasteiger partial charge in [0.05, 0.1) is 5.02 Å². The third-order valence-corrected chi connectivity index (χ3v) is 3.91. The zero-order chi connectivity index (χ0) is 16.3. The highest BCUT2D eigenvalue weighted by atomic mass is 35.5. The van der Waals surface area contributed by atoms with Gasteiger partial charge in [-0.2, -0.15) is 0 Å². The zero-order valence-corrected chi connectivity index (χ0v) is 13.6. The van der Waals surface area contributed by atoms with Crippen LogP contribution in [0.2, 0.25) is 5.02 Å². The molecule has 0 aliphatic carbocycles. The maximum Gasteiger partial charge on any atom is 0.251 e. The molecule has 0 aliphatic heterocycles. The molecule has 0 aliphatic rings. The van der Waals surface area contributed by atoms with Gasteiger partial charge in [0.2, 0.25) is 5.91 Å². The van der Waals surface area contributed by atoms with Crippen molar-refractivity contribution in [1.82, 2.24) is 4.57 Å². The second-order valence-electron chi connectivity index (χ2n) is 5.22. The average Bonchev–Trinajstić information content (AvgIpc) is 2.50. The summed E-state index contributed by atoms with van der Waals surface area (Å²) in [6, 6.07) is 8.13. The van der Waals surface area contributed by atoms with Gasteiger partial charge in [-0.3, -0.25) is 9.59 Å². The van der Waals surface area contributed by atoms with Crippen LogP contribution in [0, 0.1) is 6.92 Å². The van der Waals surface area contributed by atoms with Crippen molar-refractivity contribution in [2.45, 2.75) is 33.2 Å². The van der Waals surface area contributed by atoms with Crippen molar-refractivity contribution in [3.63, 3.8) is 0 Å². The molecule has 1 aromatic heterocycles. The quantitative estimate of drug-likeness (QED) is 0.937. The number of rotatable bonds is 4. The second-order valence-corrected chi connectivity index (χ2v) is 5.66. The first-order chi connectivity index (χ1) is 10.4. The monoisotopic (exact) mass is 318 g/mol. The largest absolute Gasteiger partial charge is 0.324 e. The number of nitrogens with zero attached hydrogens (tertiary/aromatic N) is 1. The van der Waals surface area contributed by atoms with Crippen molar-refractivity contribution in [3.8, 4) is 0 Å². The van der Waals surface area contributed by atoms with Crippen molar-refractivity contribution < 1.29 is 4.79 Å². The Morgan fingerprint density at radius 2 is 2.05 bits per heavy atom. The number of hydrogen-bond donors (Lipinski definition) is 1. The highest BCUT2D eigenvalue weighted by Crippen LogP contribution is 2.22. The van der Waals surface area contributed by atoms with Crippen LogP contribution in [0.4, 0.5) is 5.69 Å². The van der Waals surface area contributed by atoms with Crippen LogP contribution in [0.25, 0.3) is 0 Å². The molecule has 1 unspecified atom stereocenters. The van der Waals surface area contributed by atoms with Crippen LogP contribution < -0.4 is 10.9 Å². The van der Waals surface area contributed by atoms with Crippen LogP contribution in [0.5, 0.6) is 0 Å². The number of para-hydroxylation sites is 1. The van der Waals surface area contributed by atoms with Gasteiger partial charge >= 0.3 is 0 Å². The first kappa shape index (κ1) is 16.3. The molecule has 1 N–H and O–H groups in total. The number of carbonyl (C=O) groups is 1. The van der Waals surface area contributed by atoms with Crippen molar-refractivity contribution in [1.29, 1.82) is 0 Å². The molecule has 0 fully saturated rings. The summed E-state index contributed by atoms with van der Waals surface area (Å²) in [5.41, 5.74) is 2.63. The number of aryl methyl sites for hydroxylation is 2. The van der Waals surface area contributed by atoms with Gasteiger partial charge in [0.1, 0.15) is 6.04 Å². The Bertz CT molecular complexity index is 753. The number of aromatic nitrogens is 1. The van der Waals surface area contributed by atoms with Crippen LogP contribution in [-0.4, -0.2) is 10.5 Å². The number of nitrogens with one attached hydrogen (secondary N) is 1. The van der Waals surface area contributed by atoms with Gasteiger partial charge in [-0.05, 0) is 37.5 Å². The third-order valence-electron chi connectivity index (χ3n) is 3.69. The molecule has 0 saturated heterocycles. The molecule has 1 aromatic carbocycles. The Morgan fingerprint density at radius 3 is 2.73 bits per heavy atom. The summed E-state index contributed by atoms with van der Waals surface area (Å²) in [7, 11) is 0. The lowest BCUT2D eigenvalue weighted by molar-refractivity contribution is -0.118. The lowest BCUT2D eigenvalue weighted by Gasteiger charge is -2.18. The number of pyridine rings is 1. The van der Waals surface area contributed by atoms with E-state index in [1.54, 1.807) is 6.92 Å². The van der Waals surface area contributed by atoms with E-state index in [4.69, 9.17) is 11.6 Å². The summed E-state index contributed by atoms with van der Waals surface area (Å²) >= 11 is 5.91. The summed E-state index contributed by atoms with van der Waals surface area (Å²) < 4.78 is 1.33. The molecular weight excluding hydrogens is 300 g/mol. The maximum atomic E-state index is 12.5. The summed E-state index contributed by atoms with van der Waals surface area (Å²) in [6.07, 6.45) is 2.30. The van der Waals surface area contributed by atoms with Gasteiger partial charge in [0.25, 0.3) is 5.56 Å². The van der Waals surface area contributed by atoms with E-state index in [9.17, 15) is 9.59 Å². The van der Waals surface area contributed by atoms with Gasteiger partial charge < -0.3 is 9.88 Å². The standard InChI is InChI=1S/C17H19ClN2O2/c1-4-13-7-5-6-11(2)16(13)19-17(22)12(3)20-10-14(18)8-9-15(20)21/h5-10,12H,4H2,1-3H3,(H,19,22). The van der Waals surface area contributed by atoms with Crippen molar-refractivity contribution >= 4 is 23.2 Å². The van der Waals surface area contributed by atoms with E-state index in [1.807, 2.05) is 32.0 Å². The number of anilines is 1. The van der Waals surface area contributed by atoms with Gasteiger partial charge in [0, 0.05) is 18.0 Å². The number of hydrogen-bond acceptors (Lipinski definition) is 2. The molecule has 1 amide bonds. The molecule has 2 rings (SSSR count). The predicted octanol–water partition coefficient (Wildman–Crippen LogP) is 3.57. The molecule has 22 heavy (non-hydrogen) atoms. The fourth-order valence-electron chi connectivity index (χ4n) is 2.34. The summed E-state index contributed by atoms with van der Waals surface area (Å²) in [5.74, 6) is -0.242. The Hall–Kier alpha value is -2.07. The Morgan fingerprint density at radius 1 is 1.32 bits per heavy atom. The van der Waals surface area contributed by atoms with Gasteiger partial charge in [0.15, 0.2) is 0 Å². The molecule has 0 spiro atoms. The van der Waals surface area contributed by atoms with Gasteiger partial charge in [-0.15, -0.1) is 0 Å². The van der Waals surface area contributed by atoms with E-state index in [2.05, 4.69) is 5.32 Å². The molecule has 116 valence electrons. The normalized spacial score (nSPS) is 12.0. The summed E-state index contributed by atoms with van der Waals surface area (Å²) in [6.45, 7) is 5.66. The second kappa shape index (κ2) is 6.79. The maximum absolute atomic E-state index is 12.5. The lowest BCUT2D eigenvalue weighted by Crippen LogP contribution is -2.31. The topological polar surface area (TPSA) is 51.1 Å². The molecule has 1 heterocycles. The van der Waals surface area contributed by atoms with Crippen LogP contribution >= 0.6 is 11.6 Å². The fourth-order valence-corrected chi connectivity index (χ4v) is 2.50. The SMILES string of the molecule is CCc1cccc(C)c1NC(=O)C(C)n1cc(Cl)ccc1=O. The molecule has 5 heteroatoms. The van der Waals surface area contributed by atoms with Crippen LogP contribution in [0.3, 0.4) is 0 Å². The van der Waals surface area contributed by atoms with Crippen LogP contribution in [0.1, 0.15) is 31.0 Å². The lowest BCUT2D eigenvalue weighted by atomic mass is 10.1. The Balaban J connectivity index is 2.30. The number of amides is 1. The van der Waals surface area contributed by atoms with Gasteiger partial charge in [-0.1, -0.05) is 36.7 Å². The zero-order valence-electron chi connectivity index (χ0n) is 12.9. The molecule has 0 radical (unpaired) electrons. The Kier molecular flexibility index (Phi) is 5.03. The minimum absolute atomic E-state index is 0.242. The number of halogens is 1. The van der Waals surface area contributed by atoms with Crippen LogP contribution in [0.15, 0.2) is 41.3 Å². The van der Waals surface area contributed by atoms with Crippen molar-refractivity contribution in [2.75, 3.05) is 5.32 Å². The number of carbonyl (C=O) groups excluding carboxylic acids is 1. The molecule has 4 nitrogen and oxygen atoms in total. The highest BCUT2D eigenvalue weighted by molar-refractivity contribution is 6.30. The predicted molar refractivity (Wildman–Crippen MR) is 89.6 cm³/mol. The van der Waals surface area contributed by atoms with Crippen molar-refractivity contribution in [3.05, 3.63) is 63.0 Å².